The van der Waals surface area contributed by atoms with E-state index in [0.29, 0.717) is 0 Å². The van der Waals surface area contributed by atoms with Crippen molar-refractivity contribution < 1.29 is 21.7 Å². The van der Waals surface area contributed by atoms with Gasteiger partial charge in [0.25, 0.3) is 0 Å². The van der Waals surface area contributed by atoms with Crippen molar-refractivity contribution in [3.8, 4) is 0 Å². The van der Waals surface area contributed by atoms with E-state index in [1.54, 1.807) is 0 Å². The molecule has 0 aliphatic heterocycles. The minimum atomic E-state index is -4.41. The summed E-state index contributed by atoms with van der Waals surface area (Å²) in [6.07, 6.45) is 8.82. The fourth-order valence-electron chi connectivity index (χ4n) is 0.975. The van der Waals surface area contributed by atoms with Gasteiger partial charge in [0.1, 0.15) is 12.4 Å². The van der Waals surface area contributed by atoms with E-state index in [2.05, 4.69) is 39.0 Å². The minimum Gasteiger partial charge on any atom is -0.726 e. The van der Waals surface area contributed by atoms with Gasteiger partial charge in [0, 0.05) is 0 Å². The van der Waals surface area contributed by atoms with Gasteiger partial charge in [-0.05, 0) is 6.42 Å². The molecule has 0 radical (unpaired) electrons. The monoisotopic (exact) mass is 250 g/mol. The number of aryl methyl sites for hydroxylation is 2. The topological polar surface area (TPSA) is 75.2 Å². The molecule has 16 heavy (non-hydrogen) atoms. The van der Waals surface area contributed by atoms with Gasteiger partial charge >= 0.3 is 0 Å². The third-order valence-corrected chi connectivity index (χ3v) is 2.21. The number of imidazole rings is 1. The Morgan fingerprint density at radius 2 is 2.06 bits per heavy atom. The molecule has 0 saturated carbocycles. The summed E-state index contributed by atoms with van der Waals surface area (Å²) >= 11 is 0. The number of hydrogen-bond donors (Lipinski definition) is 0. The molecule has 0 bridgehead atoms. The van der Waals surface area contributed by atoms with Gasteiger partial charge in [0.15, 0.2) is 0 Å². The van der Waals surface area contributed by atoms with Gasteiger partial charge in [-0.25, -0.2) is 17.6 Å². The van der Waals surface area contributed by atoms with Crippen LogP contribution in [0.25, 0.3) is 0 Å². The third-order valence-electron chi connectivity index (χ3n) is 1.80. The van der Waals surface area contributed by atoms with Crippen LogP contribution in [-0.2, 0) is 28.2 Å². The second kappa shape index (κ2) is 7.37. The molecule has 1 rings (SSSR count). The average molecular weight is 250 g/mol. The fourth-order valence-corrected chi connectivity index (χ4v) is 0.975. The highest BCUT2D eigenvalue weighted by atomic mass is 32.3. The van der Waals surface area contributed by atoms with E-state index >= 15 is 0 Å². The Balaban J connectivity index is 0.000000325. The van der Waals surface area contributed by atoms with E-state index in [1.807, 2.05) is 7.05 Å². The largest absolute Gasteiger partial charge is 0.726 e. The van der Waals surface area contributed by atoms with Crippen molar-refractivity contribution in [1.82, 2.24) is 4.57 Å². The van der Waals surface area contributed by atoms with E-state index < -0.39 is 10.4 Å². The predicted octanol–water partition coefficient (Wildman–Crippen LogP) is 0.206. The van der Waals surface area contributed by atoms with Crippen LogP contribution in [0, 0.1) is 0 Å². The number of rotatable bonds is 4. The normalized spacial score (nSPS) is 10.8. The second-order valence-electron chi connectivity index (χ2n) is 3.25. The number of unbranched alkanes of at least 4 members (excludes halogenated alkanes) is 1. The molecule has 0 amide bonds. The Labute approximate surface area is 96.4 Å². The number of aromatic nitrogens is 2. The van der Waals surface area contributed by atoms with Crippen LogP contribution in [0.4, 0.5) is 0 Å². The zero-order valence-electron chi connectivity index (χ0n) is 9.79. The summed E-state index contributed by atoms with van der Waals surface area (Å²) in [5.74, 6) is 0. The van der Waals surface area contributed by atoms with Gasteiger partial charge in [0.05, 0.1) is 20.7 Å². The first-order valence-electron chi connectivity index (χ1n) is 4.91. The summed E-state index contributed by atoms with van der Waals surface area (Å²) in [7, 11) is -1.56. The van der Waals surface area contributed by atoms with Gasteiger partial charge in [-0.3, -0.25) is 4.18 Å². The standard InChI is InChI=1S/C8H15N2.CH4O4S/c1-3-4-5-10-7-6-9(2)8-10;1-5-6(2,3)4/h6-8H,3-5H2,1-2H3;1H3,(H,2,3,4)/q+1;/p-1. The van der Waals surface area contributed by atoms with E-state index in [-0.39, 0.29) is 0 Å². The van der Waals surface area contributed by atoms with Crippen molar-refractivity contribution in [2.24, 2.45) is 7.05 Å². The Morgan fingerprint density at radius 1 is 1.50 bits per heavy atom. The molecular weight excluding hydrogens is 232 g/mol. The van der Waals surface area contributed by atoms with Gasteiger partial charge < -0.3 is 4.55 Å². The first-order chi connectivity index (χ1) is 7.39. The molecule has 0 spiro atoms. The molecule has 0 saturated heterocycles. The zero-order chi connectivity index (χ0) is 12.6. The fraction of sp³-hybridized carbons (Fsp3) is 0.667. The van der Waals surface area contributed by atoms with E-state index in [0.717, 1.165) is 13.7 Å². The predicted molar refractivity (Wildman–Crippen MR) is 57.2 cm³/mol. The summed E-state index contributed by atoms with van der Waals surface area (Å²) in [5.41, 5.74) is 0. The van der Waals surface area contributed by atoms with Crippen LogP contribution in [0.5, 0.6) is 0 Å². The van der Waals surface area contributed by atoms with Crippen molar-refractivity contribution >= 4 is 10.4 Å². The van der Waals surface area contributed by atoms with Crippen molar-refractivity contribution in [3.63, 3.8) is 0 Å². The van der Waals surface area contributed by atoms with Crippen molar-refractivity contribution in [1.29, 1.82) is 0 Å². The Bertz CT molecular complexity index is 386. The lowest BCUT2D eigenvalue weighted by Crippen LogP contribution is -2.23. The highest BCUT2D eigenvalue weighted by molar-refractivity contribution is 7.80. The molecule has 1 heterocycles. The Kier molecular flexibility index (Phi) is 6.95. The maximum Gasteiger partial charge on any atom is 0.243 e. The highest BCUT2D eigenvalue weighted by Gasteiger charge is 1.96. The summed E-state index contributed by atoms with van der Waals surface area (Å²) in [5, 5.41) is 0. The molecular formula is C9H18N2O4S. The van der Waals surface area contributed by atoms with Crippen LogP contribution in [0.15, 0.2) is 18.7 Å². The summed E-state index contributed by atoms with van der Waals surface area (Å²) in [4.78, 5) is 0. The van der Waals surface area contributed by atoms with E-state index in [1.165, 1.54) is 12.8 Å². The molecule has 1 aromatic heterocycles. The molecule has 0 atom stereocenters. The van der Waals surface area contributed by atoms with Crippen molar-refractivity contribution in [2.75, 3.05) is 7.11 Å². The number of nitrogens with zero attached hydrogens (tertiary/aromatic N) is 2. The highest BCUT2D eigenvalue weighted by Crippen LogP contribution is 1.91. The van der Waals surface area contributed by atoms with Crippen LogP contribution in [0.3, 0.4) is 0 Å². The zero-order valence-corrected chi connectivity index (χ0v) is 10.6. The molecule has 94 valence electrons. The molecule has 0 N–H and O–H groups in total. The van der Waals surface area contributed by atoms with Crippen LogP contribution >= 0.6 is 0 Å². The summed E-state index contributed by atoms with van der Waals surface area (Å²) < 4.78 is 35.3. The lowest BCUT2D eigenvalue weighted by molar-refractivity contribution is -0.671. The molecule has 0 aliphatic rings. The van der Waals surface area contributed by atoms with Crippen molar-refractivity contribution in [2.45, 2.75) is 26.3 Å². The Morgan fingerprint density at radius 3 is 2.38 bits per heavy atom. The molecule has 1 aromatic rings. The molecule has 0 aliphatic carbocycles. The Hall–Kier alpha value is -0.920. The smallest absolute Gasteiger partial charge is 0.243 e. The average Bonchev–Trinajstić information content (AvgIpc) is 2.61. The molecule has 0 fully saturated rings. The SMILES string of the molecule is CCCCn1cc[n+](C)c1.COS(=O)(=O)[O-]. The maximum absolute atomic E-state index is 9.22. The molecule has 7 heteroatoms. The molecule has 0 unspecified atom stereocenters. The van der Waals surface area contributed by atoms with Gasteiger partial charge in [0.2, 0.25) is 16.7 Å². The van der Waals surface area contributed by atoms with E-state index in [4.69, 9.17) is 0 Å². The quantitative estimate of drug-likeness (QED) is 0.435. The van der Waals surface area contributed by atoms with Crippen LogP contribution in [0.2, 0.25) is 0 Å². The molecule has 6 nitrogen and oxygen atoms in total. The first-order valence-corrected chi connectivity index (χ1v) is 6.24. The van der Waals surface area contributed by atoms with Gasteiger partial charge in [-0.2, -0.15) is 0 Å². The third kappa shape index (κ3) is 8.39. The summed E-state index contributed by atoms with van der Waals surface area (Å²) in [6.45, 7) is 3.36. The van der Waals surface area contributed by atoms with Crippen LogP contribution in [-0.4, -0.2) is 24.6 Å². The first kappa shape index (κ1) is 15.1. The van der Waals surface area contributed by atoms with Gasteiger partial charge in [-0.1, -0.05) is 13.3 Å². The number of hydrogen-bond acceptors (Lipinski definition) is 4. The minimum absolute atomic E-state index is 0.808. The molecule has 0 aromatic carbocycles. The van der Waals surface area contributed by atoms with Crippen LogP contribution < -0.4 is 4.57 Å². The second-order valence-corrected chi connectivity index (χ2v) is 4.40. The van der Waals surface area contributed by atoms with Crippen molar-refractivity contribution in [3.05, 3.63) is 18.7 Å². The van der Waals surface area contributed by atoms with Gasteiger partial charge in [-0.15, -0.1) is 0 Å². The lowest BCUT2D eigenvalue weighted by atomic mass is 10.3. The lowest BCUT2D eigenvalue weighted by Gasteiger charge is -1.98. The van der Waals surface area contributed by atoms with E-state index in [9.17, 15) is 13.0 Å². The maximum atomic E-state index is 9.22. The van der Waals surface area contributed by atoms with Crippen LogP contribution in [0.1, 0.15) is 19.8 Å². The summed E-state index contributed by atoms with van der Waals surface area (Å²) in [6, 6.07) is 0.